The Balaban J connectivity index is 2.11. The zero-order valence-corrected chi connectivity index (χ0v) is 11.4. The van der Waals surface area contributed by atoms with Gasteiger partial charge in [0, 0.05) is 36.7 Å². The molecule has 0 saturated carbocycles. The van der Waals surface area contributed by atoms with Crippen LogP contribution in [0.5, 0.6) is 0 Å². The maximum atomic E-state index is 11.7. The van der Waals surface area contributed by atoms with Crippen LogP contribution in [0.15, 0.2) is 6.33 Å². The molecule has 0 bridgehead atoms. The minimum absolute atomic E-state index is 0.0696. The largest absolute Gasteiger partial charge is 0.355 e. The number of nitrogens with zero attached hydrogens (tertiary/aromatic N) is 5. The summed E-state index contributed by atoms with van der Waals surface area (Å²) in [7, 11) is 0. The number of anilines is 1. The fourth-order valence-corrected chi connectivity index (χ4v) is 2.59. The molecule has 0 radical (unpaired) electrons. The van der Waals surface area contributed by atoms with Crippen molar-refractivity contribution in [1.29, 1.82) is 0 Å². The minimum atomic E-state index is 0.0696. The lowest BCUT2D eigenvalue weighted by Gasteiger charge is -2.32. The second-order valence-corrected chi connectivity index (χ2v) is 5.18. The smallest absolute Gasteiger partial charge is 0.254 e. The molecule has 1 unspecified atom stereocenters. The SMILES string of the molecule is Cc1nc2ncnn2c(N2CCC(=O)C(C)C2)c1C. The van der Waals surface area contributed by atoms with Gasteiger partial charge in [-0.3, -0.25) is 4.79 Å². The van der Waals surface area contributed by atoms with Gasteiger partial charge in [-0.05, 0) is 13.8 Å². The molecule has 1 saturated heterocycles. The van der Waals surface area contributed by atoms with E-state index in [1.807, 2.05) is 20.8 Å². The average Bonchev–Trinajstić information content (AvgIpc) is 2.82. The molecular weight excluding hydrogens is 242 g/mol. The summed E-state index contributed by atoms with van der Waals surface area (Å²) in [4.78, 5) is 22.5. The summed E-state index contributed by atoms with van der Waals surface area (Å²) < 4.78 is 1.77. The van der Waals surface area contributed by atoms with Crippen molar-refractivity contribution in [3.8, 4) is 0 Å². The summed E-state index contributed by atoms with van der Waals surface area (Å²) in [5.74, 6) is 2.04. The first-order valence-electron chi connectivity index (χ1n) is 6.52. The highest BCUT2D eigenvalue weighted by Crippen LogP contribution is 2.26. The maximum Gasteiger partial charge on any atom is 0.254 e. The third-order valence-corrected chi connectivity index (χ3v) is 3.85. The van der Waals surface area contributed by atoms with E-state index in [1.54, 1.807) is 4.52 Å². The van der Waals surface area contributed by atoms with Crippen LogP contribution >= 0.6 is 0 Å². The second kappa shape index (κ2) is 4.29. The molecule has 3 rings (SSSR count). The van der Waals surface area contributed by atoms with E-state index in [9.17, 15) is 4.79 Å². The summed E-state index contributed by atoms with van der Waals surface area (Å²) in [5.41, 5.74) is 2.06. The van der Waals surface area contributed by atoms with Crippen LogP contribution in [0.2, 0.25) is 0 Å². The molecule has 19 heavy (non-hydrogen) atoms. The molecule has 6 heteroatoms. The zero-order chi connectivity index (χ0) is 13.6. The second-order valence-electron chi connectivity index (χ2n) is 5.18. The Bertz CT molecular complexity index is 648. The van der Waals surface area contributed by atoms with Crippen LogP contribution in [0.25, 0.3) is 5.78 Å². The van der Waals surface area contributed by atoms with Gasteiger partial charge in [-0.15, -0.1) is 0 Å². The number of hydrogen-bond donors (Lipinski definition) is 0. The van der Waals surface area contributed by atoms with E-state index < -0.39 is 0 Å². The van der Waals surface area contributed by atoms with E-state index in [0.29, 0.717) is 18.0 Å². The normalized spacial score (nSPS) is 20.3. The predicted octanol–water partition coefficient (Wildman–Crippen LogP) is 1.16. The monoisotopic (exact) mass is 259 g/mol. The number of carbonyl (C=O) groups is 1. The van der Waals surface area contributed by atoms with Gasteiger partial charge in [-0.25, -0.2) is 4.98 Å². The van der Waals surface area contributed by atoms with E-state index in [4.69, 9.17) is 0 Å². The Kier molecular flexibility index (Phi) is 2.73. The molecule has 0 N–H and O–H groups in total. The molecule has 0 aliphatic carbocycles. The Hall–Kier alpha value is -1.98. The van der Waals surface area contributed by atoms with Crippen LogP contribution < -0.4 is 4.90 Å². The van der Waals surface area contributed by atoms with Crippen LogP contribution in [0, 0.1) is 19.8 Å². The van der Waals surface area contributed by atoms with Gasteiger partial charge in [0.1, 0.15) is 17.9 Å². The molecular formula is C13H17N5O. The van der Waals surface area contributed by atoms with Gasteiger partial charge >= 0.3 is 0 Å². The Morgan fingerprint density at radius 1 is 1.37 bits per heavy atom. The molecule has 0 spiro atoms. The predicted molar refractivity (Wildman–Crippen MR) is 71.3 cm³/mol. The van der Waals surface area contributed by atoms with Crippen LogP contribution in [-0.2, 0) is 4.79 Å². The molecule has 1 aliphatic rings. The number of carbonyl (C=O) groups excluding carboxylic acids is 1. The van der Waals surface area contributed by atoms with Crippen molar-refractivity contribution in [2.75, 3.05) is 18.0 Å². The summed E-state index contributed by atoms with van der Waals surface area (Å²) in [5, 5.41) is 4.26. The maximum absolute atomic E-state index is 11.7. The highest BCUT2D eigenvalue weighted by Gasteiger charge is 2.27. The van der Waals surface area contributed by atoms with Crippen molar-refractivity contribution in [2.45, 2.75) is 27.2 Å². The first-order valence-corrected chi connectivity index (χ1v) is 6.52. The molecule has 6 nitrogen and oxygen atoms in total. The van der Waals surface area contributed by atoms with E-state index in [2.05, 4.69) is 20.0 Å². The number of rotatable bonds is 1. The van der Waals surface area contributed by atoms with Gasteiger partial charge in [0.15, 0.2) is 0 Å². The third kappa shape index (κ3) is 1.87. The standard InChI is InChI=1S/C13H17N5O/c1-8-6-17(5-4-11(8)19)12-9(2)10(3)16-13-14-7-15-18(12)13/h7-8H,4-6H2,1-3H3. The highest BCUT2D eigenvalue weighted by molar-refractivity contribution is 5.83. The van der Waals surface area contributed by atoms with Crippen LogP contribution in [0.3, 0.4) is 0 Å². The zero-order valence-electron chi connectivity index (χ0n) is 11.4. The topological polar surface area (TPSA) is 63.4 Å². The molecule has 0 aromatic carbocycles. The molecule has 1 aliphatic heterocycles. The highest BCUT2D eigenvalue weighted by atomic mass is 16.1. The van der Waals surface area contributed by atoms with Gasteiger partial charge in [-0.1, -0.05) is 6.92 Å². The van der Waals surface area contributed by atoms with Crippen molar-refractivity contribution < 1.29 is 4.79 Å². The lowest BCUT2D eigenvalue weighted by Crippen LogP contribution is -2.41. The lowest BCUT2D eigenvalue weighted by atomic mass is 9.98. The lowest BCUT2D eigenvalue weighted by molar-refractivity contribution is -0.122. The number of Topliss-reactive ketones (excluding diaryl/α,β-unsaturated/α-hetero) is 1. The molecule has 1 atom stereocenters. The number of fused-ring (bicyclic) bond motifs is 1. The summed E-state index contributed by atoms with van der Waals surface area (Å²) >= 11 is 0. The van der Waals surface area contributed by atoms with Crippen molar-refractivity contribution in [1.82, 2.24) is 19.6 Å². The van der Waals surface area contributed by atoms with E-state index >= 15 is 0 Å². The fraction of sp³-hybridized carbons (Fsp3) is 0.538. The van der Waals surface area contributed by atoms with Gasteiger partial charge in [0.25, 0.3) is 5.78 Å². The number of ketones is 1. The molecule has 100 valence electrons. The third-order valence-electron chi connectivity index (χ3n) is 3.85. The molecule has 1 fully saturated rings. The minimum Gasteiger partial charge on any atom is -0.355 e. The molecule has 0 amide bonds. The van der Waals surface area contributed by atoms with Gasteiger partial charge in [0.05, 0.1) is 0 Å². The first kappa shape index (κ1) is 12.1. The Morgan fingerprint density at radius 2 is 2.16 bits per heavy atom. The van der Waals surface area contributed by atoms with Crippen molar-refractivity contribution in [3.05, 3.63) is 17.6 Å². The first-order chi connectivity index (χ1) is 9.08. The fourth-order valence-electron chi connectivity index (χ4n) is 2.59. The summed E-state index contributed by atoms with van der Waals surface area (Å²) in [6.07, 6.45) is 2.11. The Morgan fingerprint density at radius 3 is 2.89 bits per heavy atom. The quantitative estimate of drug-likeness (QED) is 0.769. The summed E-state index contributed by atoms with van der Waals surface area (Å²) in [6.45, 7) is 7.48. The van der Waals surface area contributed by atoms with Gasteiger partial charge < -0.3 is 4.90 Å². The number of hydrogen-bond acceptors (Lipinski definition) is 5. The van der Waals surface area contributed by atoms with Gasteiger partial charge in [-0.2, -0.15) is 14.6 Å². The van der Waals surface area contributed by atoms with Crippen molar-refractivity contribution in [3.63, 3.8) is 0 Å². The number of aromatic nitrogens is 4. The Labute approximate surface area is 111 Å². The van der Waals surface area contributed by atoms with Crippen LogP contribution in [-0.4, -0.2) is 38.5 Å². The molecule has 2 aromatic heterocycles. The van der Waals surface area contributed by atoms with Crippen molar-refractivity contribution in [2.24, 2.45) is 5.92 Å². The van der Waals surface area contributed by atoms with Gasteiger partial charge in [0.2, 0.25) is 0 Å². The molecule has 3 heterocycles. The average molecular weight is 259 g/mol. The molecule has 2 aromatic rings. The van der Waals surface area contributed by atoms with E-state index in [1.165, 1.54) is 6.33 Å². The van der Waals surface area contributed by atoms with E-state index in [-0.39, 0.29) is 5.92 Å². The van der Waals surface area contributed by atoms with Crippen LogP contribution in [0.4, 0.5) is 5.82 Å². The van der Waals surface area contributed by atoms with E-state index in [0.717, 1.165) is 30.2 Å². The summed E-state index contributed by atoms with van der Waals surface area (Å²) in [6, 6.07) is 0. The number of aryl methyl sites for hydroxylation is 1. The van der Waals surface area contributed by atoms with Crippen LogP contribution in [0.1, 0.15) is 24.6 Å². The number of piperidine rings is 1. The van der Waals surface area contributed by atoms with Crippen molar-refractivity contribution >= 4 is 17.4 Å².